The Bertz CT molecular complexity index is 539. The number of aromatic nitrogens is 3. The van der Waals surface area contributed by atoms with Gasteiger partial charge in [-0.1, -0.05) is 27.5 Å². The summed E-state index contributed by atoms with van der Waals surface area (Å²) in [5.74, 6) is 0.717. The second kappa shape index (κ2) is 5.71. The Morgan fingerprint density at radius 2 is 2.22 bits per heavy atom. The van der Waals surface area contributed by atoms with Crippen molar-refractivity contribution >= 4 is 27.5 Å². The molecule has 0 saturated carbocycles. The quantitative estimate of drug-likeness (QED) is 0.808. The molecular formula is C12H13BrClN3O. The first-order valence-corrected chi connectivity index (χ1v) is 6.93. The third-order valence-electron chi connectivity index (χ3n) is 2.57. The van der Waals surface area contributed by atoms with Gasteiger partial charge in [0.15, 0.2) is 0 Å². The fraction of sp³-hybridized carbons (Fsp3) is 0.333. The minimum absolute atomic E-state index is 0.380. The molecule has 0 aliphatic carbocycles. The molecule has 0 atom stereocenters. The summed E-state index contributed by atoms with van der Waals surface area (Å²) in [6.45, 7) is 2.25. The lowest BCUT2D eigenvalue weighted by Crippen LogP contribution is -2.03. The third kappa shape index (κ3) is 2.84. The number of hydrogen-bond acceptors (Lipinski definition) is 3. The van der Waals surface area contributed by atoms with Crippen molar-refractivity contribution in [2.24, 2.45) is 7.05 Å². The van der Waals surface area contributed by atoms with E-state index in [0.29, 0.717) is 11.6 Å². The number of hydrogen-bond donors (Lipinski definition) is 0. The van der Waals surface area contributed by atoms with Gasteiger partial charge in [0.2, 0.25) is 0 Å². The van der Waals surface area contributed by atoms with E-state index in [1.165, 1.54) is 0 Å². The molecule has 18 heavy (non-hydrogen) atoms. The third-order valence-corrected chi connectivity index (χ3v) is 3.64. The van der Waals surface area contributed by atoms with Gasteiger partial charge in [0.25, 0.3) is 0 Å². The predicted octanol–water partition coefficient (Wildman–Crippen LogP) is 3.25. The second-order valence-corrected chi connectivity index (χ2v) is 4.82. The zero-order valence-corrected chi connectivity index (χ0v) is 12.5. The molecule has 2 aromatic heterocycles. The number of ether oxygens (including phenoxy) is 1. The second-order valence-electron chi connectivity index (χ2n) is 3.88. The minimum Gasteiger partial charge on any atom is -0.486 e. The molecule has 96 valence electrons. The summed E-state index contributed by atoms with van der Waals surface area (Å²) in [7, 11) is 1.85. The molecule has 4 nitrogen and oxygen atoms in total. The van der Waals surface area contributed by atoms with Crippen molar-refractivity contribution in [2.45, 2.75) is 18.9 Å². The molecule has 0 N–H and O–H groups in total. The fourth-order valence-corrected chi connectivity index (χ4v) is 2.11. The molecule has 0 saturated heterocycles. The van der Waals surface area contributed by atoms with Gasteiger partial charge in [0.1, 0.15) is 12.4 Å². The highest BCUT2D eigenvalue weighted by atomic mass is 79.9. The van der Waals surface area contributed by atoms with Gasteiger partial charge < -0.3 is 4.74 Å². The van der Waals surface area contributed by atoms with Crippen molar-refractivity contribution in [3.05, 3.63) is 40.4 Å². The van der Waals surface area contributed by atoms with Crippen LogP contribution in [-0.2, 0) is 19.0 Å². The van der Waals surface area contributed by atoms with E-state index in [9.17, 15) is 0 Å². The average Bonchev–Trinajstić information content (AvgIpc) is 2.62. The van der Waals surface area contributed by atoms with Crippen LogP contribution in [0.25, 0.3) is 0 Å². The summed E-state index contributed by atoms with van der Waals surface area (Å²) in [6.07, 6.45) is 1.70. The lowest BCUT2D eigenvalue weighted by atomic mass is 10.3. The van der Waals surface area contributed by atoms with E-state index < -0.39 is 0 Å². The van der Waals surface area contributed by atoms with Gasteiger partial charge in [0.05, 0.1) is 28.3 Å². The molecule has 6 heteroatoms. The Morgan fingerprint density at radius 1 is 1.44 bits per heavy atom. The summed E-state index contributed by atoms with van der Waals surface area (Å²) in [6, 6.07) is 3.81. The van der Waals surface area contributed by atoms with Gasteiger partial charge >= 0.3 is 0 Å². The molecule has 0 radical (unpaired) electrons. The lowest BCUT2D eigenvalue weighted by molar-refractivity contribution is 0.293. The van der Waals surface area contributed by atoms with E-state index in [2.05, 4.69) is 26.0 Å². The number of halogens is 2. The summed E-state index contributed by atoms with van der Waals surface area (Å²) in [4.78, 5) is 4.23. The summed E-state index contributed by atoms with van der Waals surface area (Å²) in [5.41, 5.74) is 2.64. The maximum absolute atomic E-state index is 6.14. The first kappa shape index (κ1) is 13.4. The Balaban J connectivity index is 2.06. The molecule has 0 aliphatic heterocycles. The van der Waals surface area contributed by atoms with Crippen LogP contribution in [0.5, 0.6) is 5.75 Å². The zero-order chi connectivity index (χ0) is 13.1. The van der Waals surface area contributed by atoms with Crippen LogP contribution in [0.3, 0.4) is 0 Å². The molecule has 0 aliphatic rings. The SMILES string of the molecule is Cc1nn(C)c(COc2ccc(CBr)nc2)c1Cl. The van der Waals surface area contributed by atoms with Gasteiger partial charge in [-0.3, -0.25) is 9.67 Å². The first-order chi connectivity index (χ1) is 8.61. The standard InChI is InChI=1S/C12H13BrClN3O/c1-8-12(14)11(17(2)16-8)7-18-10-4-3-9(5-13)15-6-10/h3-4,6H,5,7H2,1-2H3. The van der Waals surface area contributed by atoms with Crippen LogP contribution in [0.1, 0.15) is 17.1 Å². The number of rotatable bonds is 4. The maximum Gasteiger partial charge on any atom is 0.138 e. The molecule has 0 spiro atoms. The largest absolute Gasteiger partial charge is 0.486 e. The maximum atomic E-state index is 6.14. The van der Waals surface area contributed by atoms with Crippen LogP contribution >= 0.6 is 27.5 Å². The summed E-state index contributed by atoms with van der Waals surface area (Å²) < 4.78 is 7.38. The van der Waals surface area contributed by atoms with Gasteiger partial charge in [0, 0.05) is 12.4 Å². The minimum atomic E-state index is 0.380. The van der Waals surface area contributed by atoms with E-state index in [-0.39, 0.29) is 0 Å². The molecule has 0 unspecified atom stereocenters. The first-order valence-electron chi connectivity index (χ1n) is 5.43. The predicted molar refractivity (Wildman–Crippen MR) is 74.2 cm³/mol. The van der Waals surface area contributed by atoms with E-state index in [4.69, 9.17) is 16.3 Å². The van der Waals surface area contributed by atoms with Crippen LogP contribution in [-0.4, -0.2) is 14.8 Å². The van der Waals surface area contributed by atoms with Crippen LogP contribution < -0.4 is 4.74 Å². The molecule has 2 aromatic rings. The van der Waals surface area contributed by atoms with Crippen LogP contribution in [0.2, 0.25) is 5.02 Å². The van der Waals surface area contributed by atoms with Crippen molar-refractivity contribution in [1.29, 1.82) is 0 Å². The van der Waals surface area contributed by atoms with Crippen LogP contribution in [0.4, 0.5) is 0 Å². The smallest absolute Gasteiger partial charge is 0.138 e. The molecular weight excluding hydrogens is 318 g/mol. The van der Waals surface area contributed by atoms with Crippen LogP contribution in [0.15, 0.2) is 18.3 Å². The number of pyridine rings is 1. The van der Waals surface area contributed by atoms with Gasteiger partial charge in [-0.15, -0.1) is 0 Å². The summed E-state index contributed by atoms with van der Waals surface area (Å²) in [5, 5.41) is 5.62. The number of aryl methyl sites for hydroxylation is 2. The van der Waals surface area contributed by atoms with E-state index >= 15 is 0 Å². The molecule has 0 fully saturated rings. The van der Waals surface area contributed by atoms with Crippen molar-refractivity contribution in [3.8, 4) is 5.75 Å². The average molecular weight is 331 g/mol. The van der Waals surface area contributed by atoms with E-state index in [1.54, 1.807) is 10.9 Å². The van der Waals surface area contributed by atoms with Crippen molar-refractivity contribution in [2.75, 3.05) is 0 Å². The number of alkyl halides is 1. The zero-order valence-electron chi connectivity index (χ0n) is 10.2. The monoisotopic (exact) mass is 329 g/mol. The molecule has 0 bridgehead atoms. The highest BCUT2D eigenvalue weighted by Gasteiger charge is 2.11. The van der Waals surface area contributed by atoms with Crippen molar-refractivity contribution in [1.82, 2.24) is 14.8 Å². The van der Waals surface area contributed by atoms with Crippen molar-refractivity contribution in [3.63, 3.8) is 0 Å². The highest BCUT2D eigenvalue weighted by Crippen LogP contribution is 2.21. The van der Waals surface area contributed by atoms with E-state index in [0.717, 1.165) is 28.2 Å². The Labute approximate surface area is 119 Å². The van der Waals surface area contributed by atoms with Crippen LogP contribution in [0, 0.1) is 6.92 Å². The van der Waals surface area contributed by atoms with Gasteiger partial charge in [-0.25, -0.2) is 0 Å². The highest BCUT2D eigenvalue weighted by molar-refractivity contribution is 9.08. The Hall–Kier alpha value is -1.07. The molecule has 0 amide bonds. The summed E-state index contributed by atoms with van der Waals surface area (Å²) >= 11 is 9.49. The van der Waals surface area contributed by atoms with Gasteiger partial charge in [-0.2, -0.15) is 5.10 Å². The Kier molecular flexibility index (Phi) is 4.24. The van der Waals surface area contributed by atoms with E-state index in [1.807, 2.05) is 26.1 Å². The lowest BCUT2D eigenvalue weighted by Gasteiger charge is -2.07. The topological polar surface area (TPSA) is 39.9 Å². The molecule has 0 aromatic carbocycles. The van der Waals surface area contributed by atoms with Gasteiger partial charge in [-0.05, 0) is 19.1 Å². The molecule has 2 heterocycles. The normalized spacial score (nSPS) is 10.7. The number of nitrogens with zero attached hydrogens (tertiary/aromatic N) is 3. The Morgan fingerprint density at radius 3 is 2.72 bits per heavy atom. The fourth-order valence-electron chi connectivity index (χ4n) is 1.56. The van der Waals surface area contributed by atoms with Crippen molar-refractivity contribution < 1.29 is 4.74 Å². The molecule has 2 rings (SSSR count).